The van der Waals surface area contributed by atoms with Gasteiger partial charge in [-0.3, -0.25) is 14.5 Å². The standard InChI is InChI=1S/C15H23N5O2/c1-3-19-9-11(8-13(19)21)15(22)20-7-6-18(2)12(10-20)14-16-4-5-17-14/h4-5,11-12H,3,6-10H2,1-2H3,(H,16,17)/t11-,12+/m0/s1. The van der Waals surface area contributed by atoms with Gasteiger partial charge in [-0.1, -0.05) is 0 Å². The van der Waals surface area contributed by atoms with Crippen molar-refractivity contribution in [3.05, 3.63) is 18.2 Å². The number of hydrogen-bond donors (Lipinski definition) is 1. The zero-order valence-electron chi connectivity index (χ0n) is 13.2. The number of carbonyl (C=O) groups is 2. The van der Waals surface area contributed by atoms with Crippen LogP contribution in [-0.4, -0.2) is 76.3 Å². The monoisotopic (exact) mass is 305 g/mol. The van der Waals surface area contributed by atoms with Crippen LogP contribution < -0.4 is 0 Å². The molecule has 2 saturated heterocycles. The van der Waals surface area contributed by atoms with Crippen LogP contribution in [0.25, 0.3) is 0 Å². The molecule has 0 bridgehead atoms. The minimum absolute atomic E-state index is 0.0899. The predicted molar refractivity (Wildman–Crippen MR) is 80.9 cm³/mol. The Morgan fingerprint density at radius 1 is 1.41 bits per heavy atom. The van der Waals surface area contributed by atoms with Gasteiger partial charge in [0, 0.05) is 51.5 Å². The molecule has 3 heterocycles. The van der Waals surface area contributed by atoms with Crippen LogP contribution in [0.4, 0.5) is 0 Å². The van der Waals surface area contributed by atoms with Crippen LogP contribution in [0.3, 0.4) is 0 Å². The van der Waals surface area contributed by atoms with E-state index < -0.39 is 0 Å². The van der Waals surface area contributed by atoms with Crippen LogP contribution in [0.1, 0.15) is 25.2 Å². The number of aromatic nitrogens is 2. The molecule has 2 amide bonds. The molecule has 7 nitrogen and oxygen atoms in total. The summed E-state index contributed by atoms with van der Waals surface area (Å²) in [5.74, 6) is 0.900. The summed E-state index contributed by atoms with van der Waals surface area (Å²) in [7, 11) is 2.05. The van der Waals surface area contributed by atoms with Crippen molar-refractivity contribution in [3.8, 4) is 0 Å². The highest BCUT2D eigenvalue weighted by molar-refractivity contribution is 5.89. The Morgan fingerprint density at radius 3 is 2.86 bits per heavy atom. The van der Waals surface area contributed by atoms with E-state index in [0.29, 0.717) is 32.6 Å². The van der Waals surface area contributed by atoms with Crippen molar-refractivity contribution < 1.29 is 9.59 Å². The fourth-order valence-corrected chi connectivity index (χ4v) is 3.33. The number of H-pyrrole nitrogens is 1. The van der Waals surface area contributed by atoms with Crippen molar-refractivity contribution in [2.45, 2.75) is 19.4 Å². The van der Waals surface area contributed by atoms with E-state index >= 15 is 0 Å². The number of nitrogens with zero attached hydrogens (tertiary/aromatic N) is 4. The molecule has 2 aliphatic rings. The summed E-state index contributed by atoms with van der Waals surface area (Å²) < 4.78 is 0. The van der Waals surface area contributed by atoms with Gasteiger partial charge in [0.25, 0.3) is 0 Å². The molecule has 7 heteroatoms. The Bertz CT molecular complexity index is 544. The zero-order valence-corrected chi connectivity index (χ0v) is 13.2. The minimum Gasteiger partial charge on any atom is -0.347 e. The van der Waals surface area contributed by atoms with Crippen molar-refractivity contribution in [1.82, 2.24) is 24.7 Å². The number of likely N-dealkylation sites (tertiary alicyclic amines) is 1. The molecule has 1 aromatic heterocycles. The average molecular weight is 305 g/mol. The number of nitrogens with one attached hydrogen (secondary N) is 1. The van der Waals surface area contributed by atoms with Gasteiger partial charge < -0.3 is 14.8 Å². The van der Waals surface area contributed by atoms with Gasteiger partial charge in [-0.2, -0.15) is 0 Å². The van der Waals surface area contributed by atoms with E-state index in [1.165, 1.54) is 0 Å². The second-order valence-electron chi connectivity index (χ2n) is 6.09. The SMILES string of the molecule is CCN1C[C@@H](C(=O)N2CCN(C)[C@@H](c3ncc[nH]3)C2)CC1=O. The Hall–Kier alpha value is -1.89. The van der Waals surface area contributed by atoms with E-state index in [4.69, 9.17) is 0 Å². The molecule has 0 radical (unpaired) electrons. The van der Waals surface area contributed by atoms with Gasteiger partial charge in [-0.15, -0.1) is 0 Å². The molecular formula is C15H23N5O2. The fourth-order valence-electron chi connectivity index (χ4n) is 3.33. The molecular weight excluding hydrogens is 282 g/mol. The smallest absolute Gasteiger partial charge is 0.228 e. The van der Waals surface area contributed by atoms with Gasteiger partial charge in [-0.25, -0.2) is 4.98 Å². The maximum absolute atomic E-state index is 12.7. The van der Waals surface area contributed by atoms with E-state index in [2.05, 4.69) is 14.9 Å². The summed E-state index contributed by atoms with van der Waals surface area (Å²) >= 11 is 0. The highest BCUT2D eigenvalue weighted by atomic mass is 16.2. The Kier molecular flexibility index (Phi) is 4.15. The van der Waals surface area contributed by atoms with Crippen molar-refractivity contribution in [2.75, 3.05) is 39.8 Å². The lowest BCUT2D eigenvalue weighted by Crippen LogP contribution is -2.51. The van der Waals surface area contributed by atoms with Crippen LogP contribution in [-0.2, 0) is 9.59 Å². The number of imidazole rings is 1. The van der Waals surface area contributed by atoms with E-state index in [9.17, 15) is 9.59 Å². The first-order chi connectivity index (χ1) is 10.6. The normalized spacial score (nSPS) is 26.7. The quantitative estimate of drug-likeness (QED) is 0.859. The van der Waals surface area contributed by atoms with Gasteiger partial charge in [0.1, 0.15) is 5.82 Å². The molecule has 0 unspecified atom stereocenters. The topological polar surface area (TPSA) is 72.5 Å². The third-order valence-corrected chi connectivity index (χ3v) is 4.74. The number of amides is 2. The van der Waals surface area contributed by atoms with E-state index in [0.717, 1.165) is 12.4 Å². The Balaban J connectivity index is 1.67. The lowest BCUT2D eigenvalue weighted by Gasteiger charge is -2.39. The second-order valence-corrected chi connectivity index (χ2v) is 6.09. The second kappa shape index (κ2) is 6.08. The molecule has 1 aromatic rings. The van der Waals surface area contributed by atoms with Gasteiger partial charge in [0.05, 0.1) is 12.0 Å². The van der Waals surface area contributed by atoms with Gasteiger partial charge in [0.2, 0.25) is 11.8 Å². The highest BCUT2D eigenvalue weighted by Gasteiger charge is 2.38. The molecule has 3 rings (SSSR count). The molecule has 1 N–H and O–H groups in total. The molecule has 0 spiro atoms. The molecule has 2 fully saturated rings. The lowest BCUT2D eigenvalue weighted by molar-refractivity contribution is -0.138. The third-order valence-electron chi connectivity index (χ3n) is 4.74. The summed E-state index contributed by atoms with van der Waals surface area (Å²) in [5, 5.41) is 0. The zero-order chi connectivity index (χ0) is 15.7. The lowest BCUT2D eigenvalue weighted by atomic mass is 10.0. The largest absolute Gasteiger partial charge is 0.347 e. The van der Waals surface area contributed by atoms with Crippen LogP contribution in [0, 0.1) is 5.92 Å². The fraction of sp³-hybridized carbons (Fsp3) is 0.667. The van der Waals surface area contributed by atoms with Crippen LogP contribution in [0.2, 0.25) is 0 Å². The molecule has 0 aromatic carbocycles. The van der Waals surface area contributed by atoms with Crippen LogP contribution in [0.5, 0.6) is 0 Å². The minimum atomic E-state index is -0.187. The number of carbonyl (C=O) groups excluding carboxylic acids is 2. The average Bonchev–Trinajstić information content (AvgIpc) is 3.16. The van der Waals surface area contributed by atoms with Crippen molar-refractivity contribution in [2.24, 2.45) is 5.92 Å². The van der Waals surface area contributed by atoms with E-state index in [-0.39, 0.29) is 23.8 Å². The van der Waals surface area contributed by atoms with Gasteiger partial charge in [0.15, 0.2) is 0 Å². The molecule has 22 heavy (non-hydrogen) atoms. The third kappa shape index (κ3) is 2.72. The molecule has 2 atom stereocenters. The Labute approximate surface area is 130 Å². The number of hydrogen-bond acceptors (Lipinski definition) is 4. The first-order valence-corrected chi connectivity index (χ1v) is 7.86. The summed E-state index contributed by atoms with van der Waals surface area (Å²) in [6.07, 6.45) is 3.89. The van der Waals surface area contributed by atoms with Crippen LogP contribution >= 0.6 is 0 Å². The number of aromatic amines is 1. The highest BCUT2D eigenvalue weighted by Crippen LogP contribution is 2.25. The van der Waals surface area contributed by atoms with Gasteiger partial charge in [-0.05, 0) is 14.0 Å². The summed E-state index contributed by atoms with van der Waals surface area (Å²) in [6.45, 7) is 5.35. The van der Waals surface area contributed by atoms with Crippen molar-refractivity contribution in [3.63, 3.8) is 0 Å². The molecule has 2 aliphatic heterocycles. The summed E-state index contributed by atoms with van der Waals surface area (Å²) in [6, 6.07) is 0.0899. The Morgan fingerprint density at radius 2 is 2.23 bits per heavy atom. The van der Waals surface area contributed by atoms with Crippen molar-refractivity contribution >= 4 is 11.8 Å². The first-order valence-electron chi connectivity index (χ1n) is 7.86. The molecule has 0 saturated carbocycles. The number of rotatable bonds is 3. The summed E-state index contributed by atoms with van der Waals surface area (Å²) in [4.78, 5) is 37.9. The molecule has 120 valence electrons. The van der Waals surface area contributed by atoms with E-state index in [1.54, 1.807) is 17.3 Å². The van der Waals surface area contributed by atoms with Crippen LogP contribution in [0.15, 0.2) is 12.4 Å². The maximum Gasteiger partial charge on any atom is 0.228 e. The maximum atomic E-state index is 12.7. The predicted octanol–water partition coefficient (Wildman–Crippen LogP) is 0.0932. The van der Waals surface area contributed by atoms with Gasteiger partial charge >= 0.3 is 0 Å². The van der Waals surface area contributed by atoms with E-state index in [1.807, 2.05) is 18.9 Å². The first kappa shape index (κ1) is 15.0. The summed E-state index contributed by atoms with van der Waals surface area (Å²) in [5.41, 5.74) is 0. The van der Waals surface area contributed by atoms with Crippen molar-refractivity contribution in [1.29, 1.82) is 0 Å². The number of likely N-dealkylation sites (N-methyl/N-ethyl adjacent to an activating group) is 1. The molecule has 0 aliphatic carbocycles. The number of piperazine rings is 1.